The number of nitrogens with zero attached hydrogens (tertiary/aromatic N) is 2. The summed E-state index contributed by atoms with van der Waals surface area (Å²) in [5.41, 5.74) is 0. The molecular formula is C18H25ClFN3O4. The molecule has 2 aliphatic rings. The summed E-state index contributed by atoms with van der Waals surface area (Å²) in [6, 6.07) is 5.22. The normalized spacial score (nSPS) is 22.7. The van der Waals surface area contributed by atoms with Crippen LogP contribution in [0.3, 0.4) is 0 Å². The lowest BCUT2D eigenvalue weighted by Crippen LogP contribution is -2.60. The van der Waals surface area contributed by atoms with E-state index < -0.39 is 0 Å². The molecule has 0 aromatic heterocycles. The Morgan fingerprint density at radius 2 is 1.81 bits per heavy atom. The van der Waals surface area contributed by atoms with Crippen molar-refractivity contribution in [1.82, 2.24) is 15.1 Å². The molecule has 2 atom stereocenters. The fourth-order valence-corrected chi connectivity index (χ4v) is 3.15. The van der Waals surface area contributed by atoms with Gasteiger partial charge in [0.2, 0.25) is 5.91 Å². The second-order valence-corrected chi connectivity index (χ2v) is 6.46. The van der Waals surface area contributed by atoms with E-state index in [2.05, 4.69) is 5.32 Å². The zero-order valence-corrected chi connectivity index (χ0v) is 16.0. The number of morpholine rings is 1. The highest BCUT2D eigenvalue weighted by Crippen LogP contribution is 2.13. The highest BCUT2D eigenvalue weighted by Gasteiger charge is 2.33. The van der Waals surface area contributed by atoms with E-state index in [0.29, 0.717) is 45.1 Å². The van der Waals surface area contributed by atoms with E-state index in [4.69, 9.17) is 9.47 Å². The van der Waals surface area contributed by atoms with Gasteiger partial charge in [-0.1, -0.05) is 0 Å². The van der Waals surface area contributed by atoms with Crippen molar-refractivity contribution in [3.8, 4) is 5.75 Å². The van der Waals surface area contributed by atoms with Crippen molar-refractivity contribution in [2.45, 2.75) is 19.1 Å². The quantitative estimate of drug-likeness (QED) is 0.803. The van der Waals surface area contributed by atoms with Crippen LogP contribution in [0.25, 0.3) is 0 Å². The molecule has 1 N–H and O–H groups in total. The Balaban J connectivity index is 0.00000261. The Morgan fingerprint density at radius 1 is 1.19 bits per heavy atom. The number of carbonyl (C=O) groups excluding carboxylic acids is 2. The molecule has 0 bridgehead atoms. The summed E-state index contributed by atoms with van der Waals surface area (Å²) >= 11 is 0. The minimum Gasteiger partial charge on any atom is -0.484 e. The third-order valence-electron chi connectivity index (χ3n) is 4.70. The Hall–Kier alpha value is -1.90. The molecule has 0 unspecified atom stereocenters. The second-order valence-electron chi connectivity index (χ2n) is 6.46. The van der Waals surface area contributed by atoms with Crippen LogP contribution in [0.4, 0.5) is 4.39 Å². The first-order chi connectivity index (χ1) is 12.5. The van der Waals surface area contributed by atoms with Crippen LogP contribution < -0.4 is 10.1 Å². The van der Waals surface area contributed by atoms with Crippen molar-refractivity contribution in [3.63, 3.8) is 0 Å². The summed E-state index contributed by atoms with van der Waals surface area (Å²) in [6.07, 6.45) is -0.153. The van der Waals surface area contributed by atoms with E-state index in [0.717, 1.165) is 0 Å². The zero-order chi connectivity index (χ0) is 18.5. The molecule has 0 spiro atoms. The van der Waals surface area contributed by atoms with Crippen LogP contribution in [0.5, 0.6) is 5.75 Å². The van der Waals surface area contributed by atoms with E-state index in [1.165, 1.54) is 24.3 Å². The maximum absolute atomic E-state index is 12.9. The van der Waals surface area contributed by atoms with Crippen LogP contribution in [0.1, 0.15) is 6.92 Å². The minimum atomic E-state index is -0.350. The lowest BCUT2D eigenvalue weighted by Gasteiger charge is -2.38. The van der Waals surface area contributed by atoms with Gasteiger partial charge in [0.15, 0.2) is 6.61 Å². The summed E-state index contributed by atoms with van der Waals surface area (Å²) in [5.74, 6) is -0.0247. The number of hydrogen-bond acceptors (Lipinski definition) is 5. The number of carbonyl (C=O) groups is 2. The first-order valence-electron chi connectivity index (χ1n) is 8.84. The van der Waals surface area contributed by atoms with E-state index in [9.17, 15) is 14.0 Å². The fraction of sp³-hybridized carbons (Fsp3) is 0.556. The molecule has 7 nitrogen and oxygen atoms in total. The number of rotatable bonds is 4. The Bertz CT molecular complexity index is 638. The van der Waals surface area contributed by atoms with Crippen LogP contribution >= 0.6 is 12.4 Å². The minimum absolute atomic E-state index is 0. The molecule has 0 radical (unpaired) electrons. The predicted octanol–water partition coefficient (Wildman–Crippen LogP) is 0.674. The number of amides is 2. The van der Waals surface area contributed by atoms with Gasteiger partial charge >= 0.3 is 0 Å². The third-order valence-corrected chi connectivity index (χ3v) is 4.70. The van der Waals surface area contributed by atoms with Crippen molar-refractivity contribution in [1.29, 1.82) is 0 Å². The molecule has 3 rings (SSSR count). The van der Waals surface area contributed by atoms with Crippen molar-refractivity contribution in [3.05, 3.63) is 30.1 Å². The van der Waals surface area contributed by atoms with Crippen LogP contribution in [0.2, 0.25) is 0 Å². The van der Waals surface area contributed by atoms with Gasteiger partial charge in [0.25, 0.3) is 5.91 Å². The van der Waals surface area contributed by atoms with Crippen LogP contribution in [-0.2, 0) is 14.3 Å². The summed E-state index contributed by atoms with van der Waals surface area (Å²) in [6.45, 7) is 4.99. The maximum atomic E-state index is 12.9. The molecular weight excluding hydrogens is 377 g/mol. The number of piperazine rings is 1. The van der Waals surface area contributed by atoms with Crippen molar-refractivity contribution in [2.24, 2.45) is 0 Å². The van der Waals surface area contributed by atoms with Crippen LogP contribution in [0, 0.1) is 5.82 Å². The first kappa shape index (κ1) is 21.4. The fourth-order valence-electron chi connectivity index (χ4n) is 3.15. The van der Waals surface area contributed by atoms with Gasteiger partial charge in [0, 0.05) is 32.7 Å². The topological polar surface area (TPSA) is 71.1 Å². The van der Waals surface area contributed by atoms with Gasteiger partial charge in [0.05, 0.1) is 12.7 Å². The largest absolute Gasteiger partial charge is 0.484 e. The number of halogens is 2. The SMILES string of the molecule is C[C@H]1OCCN[C@@H]1C(=O)N1CCN(C(=O)COc2ccc(F)cc2)CC1.Cl. The number of ether oxygens (including phenoxy) is 2. The average Bonchev–Trinajstić information content (AvgIpc) is 2.67. The highest BCUT2D eigenvalue weighted by atomic mass is 35.5. The molecule has 0 aliphatic carbocycles. The van der Waals surface area contributed by atoms with E-state index in [1.807, 2.05) is 6.92 Å². The van der Waals surface area contributed by atoms with Crippen LogP contribution in [-0.4, -0.2) is 79.7 Å². The van der Waals surface area contributed by atoms with Gasteiger partial charge in [-0.2, -0.15) is 0 Å². The summed E-state index contributed by atoms with van der Waals surface area (Å²) < 4.78 is 23.8. The summed E-state index contributed by atoms with van der Waals surface area (Å²) in [4.78, 5) is 28.3. The van der Waals surface area contributed by atoms with Crippen molar-refractivity contribution < 1.29 is 23.5 Å². The van der Waals surface area contributed by atoms with E-state index in [1.54, 1.807) is 9.80 Å². The highest BCUT2D eigenvalue weighted by molar-refractivity contribution is 5.85. The second kappa shape index (κ2) is 9.87. The molecule has 1 aromatic carbocycles. The Morgan fingerprint density at radius 3 is 2.44 bits per heavy atom. The van der Waals surface area contributed by atoms with Gasteiger partial charge in [-0.25, -0.2) is 4.39 Å². The molecule has 2 amide bonds. The Labute approximate surface area is 164 Å². The molecule has 2 aliphatic heterocycles. The molecule has 0 saturated carbocycles. The monoisotopic (exact) mass is 401 g/mol. The lowest BCUT2D eigenvalue weighted by molar-refractivity contribution is -0.145. The van der Waals surface area contributed by atoms with Gasteiger partial charge < -0.3 is 24.6 Å². The van der Waals surface area contributed by atoms with E-state index >= 15 is 0 Å². The van der Waals surface area contributed by atoms with Crippen molar-refractivity contribution in [2.75, 3.05) is 45.9 Å². The van der Waals surface area contributed by atoms with Gasteiger partial charge in [-0.05, 0) is 31.2 Å². The summed E-state index contributed by atoms with van der Waals surface area (Å²) in [7, 11) is 0. The number of hydrogen-bond donors (Lipinski definition) is 1. The lowest BCUT2D eigenvalue weighted by atomic mass is 10.1. The van der Waals surface area contributed by atoms with Gasteiger partial charge in [0.1, 0.15) is 17.6 Å². The van der Waals surface area contributed by atoms with Gasteiger partial charge in [-0.15, -0.1) is 12.4 Å². The molecule has 9 heteroatoms. The molecule has 27 heavy (non-hydrogen) atoms. The zero-order valence-electron chi connectivity index (χ0n) is 15.2. The molecule has 2 fully saturated rings. The number of nitrogens with one attached hydrogen (secondary N) is 1. The molecule has 2 saturated heterocycles. The van der Waals surface area contributed by atoms with Gasteiger partial charge in [-0.3, -0.25) is 9.59 Å². The molecule has 150 valence electrons. The average molecular weight is 402 g/mol. The van der Waals surface area contributed by atoms with E-state index in [-0.39, 0.29) is 48.8 Å². The Kier molecular flexibility index (Phi) is 7.82. The molecule has 2 heterocycles. The smallest absolute Gasteiger partial charge is 0.260 e. The summed E-state index contributed by atoms with van der Waals surface area (Å²) in [5, 5.41) is 3.20. The predicted molar refractivity (Wildman–Crippen MR) is 99.5 cm³/mol. The first-order valence-corrected chi connectivity index (χ1v) is 8.84. The standard InChI is InChI=1S/C18H24FN3O4.ClH/c1-13-17(20-6-11-25-13)18(24)22-9-7-21(8-10-22)16(23)12-26-15-4-2-14(19)3-5-15;/h2-5,13,17,20H,6-12H2,1H3;1H/t13-,17+;/m1./s1. The molecule has 1 aromatic rings. The number of benzene rings is 1. The maximum Gasteiger partial charge on any atom is 0.260 e. The third kappa shape index (κ3) is 5.54. The van der Waals surface area contributed by atoms with Crippen LogP contribution in [0.15, 0.2) is 24.3 Å². The van der Waals surface area contributed by atoms with Crippen molar-refractivity contribution >= 4 is 24.2 Å².